The summed E-state index contributed by atoms with van der Waals surface area (Å²) in [4.78, 5) is 0. The molecule has 1 nitrogen and oxygen atoms in total. The molecule has 18 heavy (non-hydrogen) atoms. The lowest BCUT2D eigenvalue weighted by atomic mass is 9.76. The maximum absolute atomic E-state index is 13.2. The molecule has 0 heterocycles. The van der Waals surface area contributed by atoms with Crippen molar-refractivity contribution in [1.82, 2.24) is 0 Å². The minimum atomic E-state index is -0.215. The molecule has 0 radical (unpaired) electrons. The lowest BCUT2D eigenvalue weighted by Crippen LogP contribution is -2.26. The molecule has 1 fully saturated rings. The minimum absolute atomic E-state index is 0.215. The van der Waals surface area contributed by atoms with Gasteiger partial charge in [0.1, 0.15) is 5.82 Å². The molecular weight excluding hydrogens is 295 g/mol. The van der Waals surface area contributed by atoms with Crippen LogP contribution in [0.3, 0.4) is 0 Å². The van der Waals surface area contributed by atoms with E-state index in [1.165, 1.54) is 25.0 Å². The molecule has 0 saturated heterocycles. The topological polar surface area (TPSA) is 9.23 Å². The van der Waals surface area contributed by atoms with Crippen LogP contribution in [-0.2, 0) is 11.3 Å². The molecule has 0 amide bonds. The van der Waals surface area contributed by atoms with Gasteiger partial charge in [-0.3, -0.25) is 0 Å². The normalized spacial score (nSPS) is 20.0. The van der Waals surface area contributed by atoms with Gasteiger partial charge >= 0.3 is 0 Å². The number of halogens is 2. The van der Waals surface area contributed by atoms with Crippen LogP contribution in [0.1, 0.15) is 45.1 Å². The van der Waals surface area contributed by atoms with Crippen molar-refractivity contribution >= 4 is 15.9 Å². The van der Waals surface area contributed by atoms with Crippen molar-refractivity contribution in [2.24, 2.45) is 5.41 Å². The van der Waals surface area contributed by atoms with Crippen LogP contribution in [0.15, 0.2) is 22.7 Å². The average Bonchev–Trinajstić information content (AvgIpc) is 2.26. The first kappa shape index (κ1) is 14.0. The fourth-order valence-electron chi connectivity index (χ4n) is 2.45. The molecule has 0 unspecified atom stereocenters. The second-order valence-electron chi connectivity index (χ2n) is 5.95. The van der Waals surface area contributed by atoms with Crippen LogP contribution in [0.25, 0.3) is 0 Å². The largest absolute Gasteiger partial charge is 0.374 e. The first-order valence-electron chi connectivity index (χ1n) is 6.51. The molecule has 1 aliphatic carbocycles. The van der Waals surface area contributed by atoms with Crippen molar-refractivity contribution in [2.45, 2.75) is 52.2 Å². The van der Waals surface area contributed by atoms with Gasteiger partial charge in [0.15, 0.2) is 0 Å². The summed E-state index contributed by atoms with van der Waals surface area (Å²) < 4.78 is 19.9. The molecule has 2 rings (SSSR count). The first-order chi connectivity index (χ1) is 8.44. The number of ether oxygens (including phenoxy) is 1. The molecular formula is C15H20BrFO. The van der Waals surface area contributed by atoms with Gasteiger partial charge in [-0.15, -0.1) is 0 Å². The van der Waals surface area contributed by atoms with Crippen molar-refractivity contribution in [1.29, 1.82) is 0 Å². The van der Waals surface area contributed by atoms with Crippen molar-refractivity contribution in [2.75, 3.05) is 0 Å². The molecule has 0 atom stereocenters. The van der Waals surface area contributed by atoms with Gasteiger partial charge in [0.25, 0.3) is 0 Å². The third-order valence-electron chi connectivity index (χ3n) is 3.69. The summed E-state index contributed by atoms with van der Waals surface area (Å²) in [6, 6.07) is 4.92. The van der Waals surface area contributed by atoms with E-state index in [2.05, 4.69) is 29.8 Å². The molecule has 1 saturated carbocycles. The average molecular weight is 315 g/mol. The predicted octanol–water partition coefficient (Wildman–Crippen LogP) is 5.07. The monoisotopic (exact) mass is 314 g/mol. The summed E-state index contributed by atoms with van der Waals surface area (Å²) in [5.74, 6) is -0.215. The molecule has 1 aromatic rings. The second kappa shape index (κ2) is 5.70. The number of rotatable bonds is 3. The molecule has 0 aliphatic heterocycles. The number of benzene rings is 1. The SMILES string of the molecule is CC1(C)CCC(OCc2cc(F)cc(Br)c2)CC1. The van der Waals surface area contributed by atoms with E-state index in [0.29, 0.717) is 18.1 Å². The van der Waals surface area contributed by atoms with E-state index in [4.69, 9.17) is 4.74 Å². The highest BCUT2D eigenvalue weighted by Gasteiger charge is 2.27. The van der Waals surface area contributed by atoms with Gasteiger partial charge in [-0.2, -0.15) is 0 Å². The fourth-order valence-corrected chi connectivity index (χ4v) is 2.96. The van der Waals surface area contributed by atoms with E-state index in [9.17, 15) is 4.39 Å². The third-order valence-corrected chi connectivity index (χ3v) is 4.15. The van der Waals surface area contributed by atoms with Crippen LogP contribution in [0, 0.1) is 11.2 Å². The van der Waals surface area contributed by atoms with Crippen LogP contribution in [-0.4, -0.2) is 6.10 Å². The first-order valence-corrected chi connectivity index (χ1v) is 7.30. The Balaban J connectivity index is 1.85. The molecule has 0 spiro atoms. The summed E-state index contributed by atoms with van der Waals surface area (Å²) in [6.45, 7) is 5.13. The highest BCUT2D eigenvalue weighted by molar-refractivity contribution is 9.10. The second-order valence-corrected chi connectivity index (χ2v) is 6.87. The Hall–Kier alpha value is -0.410. The maximum Gasteiger partial charge on any atom is 0.124 e. The maximum atomic E-state index is 13.2. The van der Waals surface area contributed by atoms with Crippen LogP contribution in [0.2, 0.25) is 0 Å². The van der Waals surface area contributed by atoms with Crippen LogP contribution in [0.5, 0.6) is 0 Å². The molecule has 1 aromatic carbocycles. The minimum Gasteiger partial charge on any atom is -0.374 e. The van der Waals surface area contributed by atoms with Gasteiger partial charge in [-0.1, -0.05) is 29.8 Å². The zero-order chi connectivity index (χ0) is 13.2. The number of hydrogen-bond acceptors (Lipinski definition) is 1. The third kappa shape index (κ3) is 4.06. The van der Waals surface area contributed by atoms with Crippen molar-refractivity contribution in [3.05, 3.63) is 34.1 Å². The summed E-state index contributed by atoms with van der Waals surface area (Å²) >= 11 is 3.30. The van der Waals surface area contributed by atoms with E-state index in [0.717, 1.165) is 22.9 Å². The van der Waals surface area contributed by atoms with E-state index < -0.39 is 0 Å². The van der Waals surface area contributed by atoms with E-state index in [-0.39, 0.29) is 5.82 Å². The Bertz CT molecular complexity index is 387. The summed E-state index contributed by atoms with van der Waals surface area (Å²) in [6.07, 6.45) is 4.99. The van der Waals surface area contributed by atoms with Gasteiger partial charge in [0.2, 0.25) is 0 Å². The Labute approximate surface area is 117 Å². The van der Waals surface area contributed by atoms with Crippen molar-refractivity contribution in [3.63, 3.8) is 0 Å². The van der Waals surface area contributed by atoms with Crippen molar-refractivity contribution in [3.8, 4) is 0 Å². The van der Waals surface area contributed by atoms with Gasteiger partial charge in [-0.25, -0.2) is 4.39 Å². The molecule has 1 aliphatic rings. The highest BCUT2D eigenvalue weighted by Crippen LogP contribution is 2.36. The van der Waals surface area contributed by atoms with Crippen LogP contribution in [0.4, 0.5) is 4.39 Å². The zero-order valence-electron chi connectivity index (χ0n) is 11.0. The van der Waals surface area contributed by atoms with E-state index in [1.807, 2.05) is 6.07 Å². The fraction of sp³-hybridized carbons (Fsp3) is 0.600. The summed E-state index contributed by atoms with van der Waals surface area (Å²) in [5.41, 5.74) is 1.36. The molecule has 0 N–H and O–H groups in total. The van der Waals surface area contributed by atoms with E-state index in [1.54, 1.807) is 0 Å². The molecule has 0 bridgehead atoms. The predicted molar refractivity (Wildman–Crippen MR) is 74.9 cm³/mol. The lowest BCUT2D eigenvalue weighted by molar-refractivity contribution is -0.00568. The van der Waals surface area contributed by atoms with Gasteiger partial charge in [0, 0.05) is 4.47 Å². The zero-order valence-corrected chi connectivity index (χ0v) is 12.6. The van der Waals surface area contributed by atoms with E-state index >= 15 is 0 Å². The Morgan fingerprint density at radius 2 is 1.94 bits per heavy atom. The summed E-state index contributed by atoms with van der Waals surface area (Å²) in [5, 5.41) is 0. The van der Waals surface area contributed by atoms with Gasteiger partial charge in [-0.05, 0) is 54.9 Å². The quantitative estimate of drug-likeness (QED) is 0.756. The van der Waals surface area contributed by atoms with Gasteiger partial charge < -0.3 is 4.74 Å². The van der Waals surface area contributed by atoms with Crippen molar-refractivity contribution < 1.29 is 9.13 Å². The lowest BCUT2D eigenvalue weighted by Gasteiger charge is -2.34. The Kier molecular flexibility index (Phi) is 4.44. The standard InChI is InChI=1S/C15H20BrFO/c1-15(2)5-3-14(4-6-15)18-10-11-7-12(16)9-13(17)8-11/h7-9,14H,3-6,10H2,1-2H3. The molecule has 100 valence electrons. The highest BCUT2D eigenvalue weighted by atomic mass is 79.9. The molecule has 3 heteroatoms. The van der Waals surface area contributed by atoms with Crippen LogP contribution < -0.4 is 0 Å². The summed E-state index contributed by atoms with van der Waals surface area (Å²) in [7, 11) is 0. The molecule has 0 aromatic heterocycles. The Morgan fingerprint density at radius 3 is 2.56 bits per heavy atom. The smallest absolute Gasteiger partial charge is 0.124 e. The van der Waals surface area contributed by atoms with Gasteiger partial charge in [0.05, 0.1) is 12.7 Å². The Morgan fingerprint density at radius 1 is 1.28 bits per heavy atom. The number of hydrogen-bond donors (Lipinski definition) is 0. The van der Waals surface area contributed by atoms with Crippen LogP contribution >= 0.6 is 15.9 Å².